The van der Waals surface area contributed by atoms with Gasteiger partial charge in [0.15, 0.2) is 0 Å². The summed E-state index contributed by atoms with van der Waals surface area (Å²) in [4.78, 5) is 24.4. The lowest BCUT2D eigenvalue weighted by Gasteiger charge is -2.37. The van der Waals surface area contributed by atoms with Gasteiger partial charge < -0.3 is 20.4 Å². The normalized spacial score (nSPS) is 13.2. The lowest BCUT2D eigenvalue weighted by molar-refractivity contribution is 0.0686. The summed E-state index contributed by atoms with van der Waals surface area (Å²) in [7, 11) is 0. The van der Waals surface area contributed by atoms with Crippen LogP contribution in [0.1, 0.15) is 65.2 Å². The molecule has 4 aromatic rings. The first kappa shape index (κ1) is 27.0. The van der Waals surface area contributed by atoms with Crippen molar-refractivity contribution in [3.63, 3.8) is 0 Å². The number of hydrogen-bond donors (Lipinski definition) is 4. The molecule has 0 aromatic heterocycles. The molecule has 0 radical (unpaired) electrons. The fourth-order valence-corrected chi connectivity index (χ4v) is 6.87. The molecule has 0 amide bonds. The van der Waals surface area contributed by atoms with Gasteiger partial charge in [0.05, 0.1) is 25.5 Å². The van der Waals surface area contributed by atoms with E-state index in [1.165, 1.54) is 0 Å². The molecule has 4 N–H and O–H groups in total. The Balaban J connectivity index is 2.12. The van der Waals surface area contributed by atoms with Crippen LogP contribution in [0.3, 0.4) is 0 Å². The summed E-state index contributed by atoms with van der Waals surface area (Å²) in [6.45, 7) is 7.27. The third kappa shape index (κ3) is 3.72. The van der Waals surface area contributed by atoms with Crippen LogP contribution in [0.25, 0.3) is 11.1 Å². The van der Waals surface area contributed by atoms with E-state index in [2.05, 4.69) is 31.9 Å². The zero-order valence-corrected chi connectivity index (χ0v) is 24.7. The topological polar surface area (TPSA) is 115 Å². The molecule has 39 heavy (non-hydrogen) atoms. The highest BCUT2D eigenvalue weighted by molar-refractivity contribution is 9.11. The maximum absolute atomic E-state index is 12.2. The molecule has 0 saturated carbocycles. The summed E-state index contributed by atoms with van der Waals surface area (Å²) in [5, 5.41) is 41.5. The second kappa shape index (κ2) is 9.24. The molecule has 4 aromatic carbocycles. The molecule has 1 aliphatic rings. The van der Waals surface area contributed by atoms with Gasteiger partial charge in [0, 0.05) is 0 Å². The Bertz CT molecular complexity index is 1630. The SMILES string of the molecule is Cc1cc(C2(c3cc(C)c(O)c(Br)c3C)c3cc(C(=O)O)ccc3-c3ccc(C(=O)O)cc32)c(C)c(Br)c1O. The number of aromatic hydroxyl groups is 2. The summed E-state index contributed by atoms with van der Waals surface area (Å²) >= 11 is 7.10. The van der Waals surface area contributed by atoms with Gasteiger partial charge in [-0.2, -0.15) is 0 Å². The van der Waals surface area contributed by atoms with Gasteiger partial charge in [0.1, 0.15) is 11.5 Å². The minimum Gasteiger partial charge on any atom is -0.506 e. The number of benzene rings is 4. The first-order valence-corrected chi connectivity index (χ1v) is 13.6. The van der Waals surface area contributed by atoms with Crippen LogP contribution < -0.4 is 0 Å². The molecule has 0 fully saturated rings. The van der Waals surface area contributed by atoms with Crippen LogP contribution in [0, 0.1) is 27.7 Å². The summed E-state index contributed by atoms with van der Waals surface area (Å²) in [5.41, 5.74) is 5.96. The summed E-state index contributed by atoms with van der Waals surface area (Å²) in [6, 6.07) is 13.6. The Morgan fingerprint density at radius 2 is 0.974 bits per heavy atom. The largest absolute Gasteiger partial charge is 0.506 e. The van der Waals surface area contributed by atoms with Crippen LogP contribution in [0.15, 0.2) is 57.5 Å². The fourth-order valence-electron chi connectivity index (χ4n) is 5.82. The zero-order chi connectivity index (χ0) is 28.5. The molecule has 8 heteroatoms. The number of halogens is 2. The molecule has 0 saturated heterocycles. The van der Waals surface area contributed by atoms with Gasteiger partial charge in [-0.3, -0.25) is 0 Å². The van der Waals surface area contributed by atoms with Crippen LogP contribution in [-0.4, -0.2) is 32.4 Å². The van der Waals surface area contributed by atoms with Crippen molar-refractivity contribution in [3.8, 4) is 22.6 Å². The van der Waals surface area contributed by atoms with E-state index in [0.717, 1.165) is 22.3 Å². The first-order chi connectivity index (χ1) is 18.3. The number of carbonyl (C=O) groups is 2. The Morgan fingerprint density at radius 3 is 1.31 bits per heavy atom. The Labute approximate surface area is 241 Å². The third-order valence-corrected chi connectivity index (χ3v) is 9.73. The highest BCUT2D eigenvalue weighted by Crippen LogP contribution is 2.60. The standard InChI is InChI=1S/C31H24Br2O6/c1-13-9-21(15(3)25(32)27(13)34)31(22-10-14(2)28(35)26(33)16(22)4)23-11-17(29(36)37)5-7-19(23)20-8-6-18(30(38)39)12-24(20)31/h5-12,34-35H,1-4H3,(H,36,37)(H,38,39). The van der Waals surface area contributed by atoms with Gasteiger partial charge in [-0.25, -0.2) is 9.59 Å². The molecular formula is C31H24Br2O6. The van der Waals surface area contributed by atoms with Crippen LogP contribution in [0.2, 0.25) is 0 Å². The molecule has 1 aliphatic carbocycles. The van der Waals surface area contributed by atoms with Crippen molar-refractivity contribution < 1.29 is 30.0 Å². The van der Waals surface area contributed by atoms with E-state index in [1.54, 1.807) is 50.2 Å². The number of hydrogen-bond acceptors (Lipinski definition) is 4. The van der Waals surface area contributed by atoms with Crippen molar-refractivity contribution in [2.24, 2.45) is 0 Å². The predicted molar refractivity (Wildman–Crippen MR) is 155 cm³/mol. The number of phenols is 2. The van der Waals surface area contributed by atoms with Gasteiger partial charge in [0.2, 0.25) is 0 Å². The van der Waals surface area contributed by atoms with Crippen molar-refractivity contribution in [2.45, 2.75) is 33.1 Å². The molecule has 6 nitrogen and oxygen atoms in total. The Hall–Kier alpha value is -3.62. The van der Waals surface area contributed by atoms with E-state index in [0.29, 0.717) is 42.3 Å². The van der Waals surface area contributed by atoms with Gasteiger partial charge in [0.25, 0.3) is 0 Å². The van der Waals surface area contributed by atoms with E-state index < -0.39 is 17.4 Å². The van der Waals surface area contributed by atoms with Gasteiger partial charge in [-0.15, -0.1) is 0 Å². The minimum absolute atomic E-state index is 0.0863. The smallest absolute Gasteiger partial charge is 0.335 e. The molecule has 198 valence electrons. The summed E-state index contributed by atoms with van der Waals surface area (Å²) < 4.78 is 0.978. The second-order valence-corrected chi connectivity index (χ2v) is 11.5. The summed E-state index contributed by atoms with van der Waals surface area (Å²) in [5.74, 6) is -2.01. The van der Waals surface area contributed by atoms with E-state index >= 15 is 0 Å². The van der Waals surface area contributed by atoms with Crippen molar-refractivity contribution in [3.05, 3.63) is 113 Å². The Kier molecular flexibility index (Phi) is 6.39. The molecule has 0 bridgehead atoms. The van der Waals surface area contributed by atoms with Crippen LogP contribution >= 0.6 is 31.9 Å². The van der Waals surface area contributed by atoms with Crippen molar-refractivity contribution >= 4 is 43.8 Å². The fraction of sp³-hybridized carbons (Fsp3) is 0.161. The number of fused-ring (bicyclic) bond motifs is 3. The van der Waals surface area contributed by atoms with E-state index in [-0.39, 0.29) is 22.6 Å². The molecule has 0 unspecified atom stereocenters. The van der Waals surface area contributed by atoms with E-state index in [4.69, 9.17) is 0 Å². The maximum Gasteiger partial charge on any atom is 0.335 e. The van der Waals surface area contributed by atoms with Crippen LogP contribution in [-0.2, 0) is 5.41 Å². The van der Waals surface area contributed by atoms with Crippen molar-refractivity contribution in [1.29, 1.82) is 0 Å². The first-order valence-electron chi connectivity index (χ1n) is 12.1. The molecule has 0 heterocycles. The number of rotatable bonds is 4. The predicted octanol–water partition coefficient (Wildman–Crippen LogP) is 7.62. The number of phenolic OH excluding ortho intramolecular Hbond substituents is 2. The zero-order valence-electron chi connectivity index (χ0n) is 21.5. The molecule has 5 rings (SSSR count). The maximum atomic E-state index is 12.2. The highest BCUT2D eigenvalue weighted by Gasteiger charge is 2.49. The number of carboxylic acids is 2. The number of aromatic carboxylic acids is 2. The van der Waals surface area contributed by atoms with Crippen LogP contribution in [0.4, 0.5) is 0 Å². The van der Waals surface area contributed by atoms with Crippen LogP contribution in [0.5, 0.6) is 11.5 Å². The lowest BCUT2D eigenvalue weighted by atomic mass is 9.64. The van der Waals surface area contributed by atoms with Gasteiger partial charge in [-0.05, 0) is 139 Å². The lowest BCUT2D eigenvalue weighted by Crippen LogP contribution is -2.31. The summed E-state index contributed by atoms with van der Waals surface area (Å²) in [6.07, 6.45) is 0. The average Bonchev–Trinajstić information content (AvgIpc) is 3.19. The van der Waals surface area contributed by atoms with E-state index in [1.807, 2.05) is 26.0 Å². The van der Waals surface area contributed by atoms with Crippen molar-refractivity contribution in [2.75, 3.05) is 0 Å². The molecule has 0 aliphatic heterocycles. The van der Waals surface area contributed by atoms with Gasteiger partial charge >= 0.3 is 11.9 Å². The van der Waals surface area contributed by atoms with Gasteiger partial charge in [-0.1, -0.05) is 24.3 Å². The number of carboxylic acid groups (broad SMARTS) is 2. The quantitative estimate of drug-likeness (QED) is 0.159. The van der Waals surface area contributed by atoms with E-state index in [9.17, 15) is 30.0 Å². The molecule has 0 atom stereocenters. The average molecular weight is 652 g/mol. The molecular weight excluding hydrogens is 628 g/mol. The Morgan fingerprint density at radius 1 is 0.615 bits per heavy atom. The highest BCUT2D eigenvalue weighted by atomic mass is 79.9. The monoisotopic (exact) mass is 650 g/mol. The molecule has 0 spiro atoms. The minimum atomic E-state index is -1.18. The second-order valence-electron chi connectivity index (χ2n) is 9.94. The third-order valence-electron chi connectivity index (χ3n) is 7.79. The van der Waals surface area contributed by atoms with Crippen molar-refractivity contribution in [1.82, 2.24) is 0 Å². The number of aryl methyl sites for hydroxylation is 2.